The van der Waals surface area contributed by atoms with Gasteiger partial charge in [0.2, 0.25) is 0 Å². The van der Waals surface area contributed by atoms with Gasteiger partial charge in [0.1, 0.15) is 11.7 Å². The van der Waals surface area contributed by atoms with Gasteiger partial charge in [-0.1, -0.05) is 20.8 Å². The first-order valence-electron chi connectivity index (χ1n) is 5.72. The van der Waals surface area contributed by atoms with Crippen LogP contribution in [0.25, 0.3) is 0 Å². The second-order valence-corrected chi connectivity index (χ2v) is 5.74. The number of rotatable bonds is 3. The number of hydrogen-bond donors (Lipinski definition) is 2. The Balaban J connectivity index is 3.17. The molecule has 5 nitrogen and oxygen atoms in total. The van der Waals surface area contributed by atoms with Crippen LogP contribution in [-0.2, 0) is 7.05 Å². The molecule has 0 aliphatic rings. The molecule has 0 bridgehead atoms. The monoisotopic (exact) mass is 237 g/mol. The van der Waals surface area contributed by atoms with E-state index in [9.17, 15) is 0 Å². The molecule has 1 heterocycles. The van der Waals surface area contributed by atoms with Gasteiger partial charge in [0.15, 0.2) is 0 Å². The highest BCUT2D eigenvalue weighted by molar-refractivity contribution is 6.00. The van der Waals surface area contributed by atoms with Crippen molar-refractivity contribution in [3.63, 3.8) is 0 Å². The molecule has 0 aliphatic carbocycles. The number of nitrogens with one attached hydrogen (secondary N) is 1. The maximum absolute atomic E-state index is 7.65. The molecule has 17 heavy (non-hydrogen) atoms. The molecule has 0 atom stereocenters. The van der Waals surface area contributed by atoms with Crippen LogP contribution in [0.3, 0.4) is 0 Å². The average Bonchev–Trinajstić information content (AvgIpc) is 2.37. The first-order chi connectivity index (χ1) is 7.63. The zero-order chi connectivity index (χ0) is 13.4. The van der Waals surface area contributed by atoms with Gasteiger partial charge in [-0.2, -0.15) is 5.10 Å². The van der Waals surface area contributed by atoms with Crippen molar-refractivity contribution in [2.45, 2.75) is 27.7 Å². The Kier molecular flexibility index (Phi) is 3.50. The van der Waals surface area contributed by atoms with Crippen molar-refractivity contribution >= 4 is 11.7 Å². The van der Waals surface area contributed by atoms with Gasteiger partial charge >= 0.3 is 0 Å². The fourth-order valence-electron chi connectivity index (χ4n) is 2.19. The summed E-state index contributed by atoms with van der Waals surface area (Å²) in [6, 6.07) is 0. The summed E-state index contributed by atoms with van der Waals surface area (Å²) in [5.41, 5.74) is 7.35. The molecule has 0 amide bonds. The summed E-state index contributed by atoms with van der Waals surface area (Å²) in [4.78, 5) is 2.11. The fourth-order valence-corrected chi connectivity index (χ4v) is 2.19. The van der Waals surface area contributed by atoms with Gasteiger partial charge < -0.3 is 10.6 Å². The predicted octanol–water partition coefficient (Wildman–Crippen LogP) is 1.49. The summed E-state index contributed by atoms with van der Waals surface area (Å²) in [7, 11) is 3.89. The van der Waals surface area contributed by atoms with E-state index in [-0.39, 0.29) is 11.3 Å². The van der Waals surface area contributed by atoms with Crippen LogP contribution in [0.15, 0.2) is 0 Å². The zero-order valence-electron chi connectivity index (χ0n) is 11.6. The molecule has 0 saturated carbocycles. The highest BCUT2D eigenvalue weighted by Crippen LogP contribution is 2.25. The van der Waals surface area contributed by atoms with E-state index in [0.29, 0.717) is 0 Å². The van der Waals surface area contributed by atoms with Gasteiger partial charge in [-0.05, 0) is 12.3 Å². The Bertz CT molecular complexity index is 425. The lowest BCUT2D eigenvalue weighted by molar-refractivity contribution is 0.416. The summed E-state index contributed by atoms with van der Waals surface area (Å²) >= 11 is 0. The minimum atomic E-state index is 0.0753. The lowest BCUT2D eigenvalue weighted by atomic mass is 9.96. The fraction of sp³-hybridized carbons (Fsp3) is 0.667. The van der Waals surface area contributed by atoms with Crippen LogP contribution >= 0.6 is 0 Å². The van der Waals surface area contributed by atoms with Crippen LogP contribution in [0, 0.1) is 17.7 Å². The lowest BCUT2D eigenvalue weighted by Crippen LogP contribution is -2.32. The van der Waals surface area contributed by atoms with Gasteiger partial charge in [0, 0.05) is 20.6 Å². The number of amidine groups is 1. The van der Waals surface area contributed by atoms with Crippen molar-refractivity contribution in [3.8, 4) is 0 Å². The van der Waals surface area contributed by atoms with Gasteiger partial charge in [-0.3, -0.25) is 10.1 Å². The van der Waals surface area contributed by atoms with Crippen LogP contribution in [0.2, 0.25) is 0 Å². The first-order valence-corrected chi connectivity index (χ1v) is 5.72. The second-order valence-electron chi connectivity index (χ2n) is 5.74. The molecule has 0 spiro atoms. The van der Waals surface area contributed by atoms with Crippen LogP contribution < -0.4 is 10.6 Å². The SMILES string of the molecule is Cc1nn(C)c(N(C)CC(C)(C)C)c1C(=N)N. The molecule has 0 unspecified atom stereocenters. The summed E-state index contributed by atoms with van der Waals surface area (Å²) in [5, 5.41) is 12.0. The Morgan fingerprint density at radius 3 is 2.41 bits per heavy atom. The van der Waals surface area contributed by atoms with E-state index < -0.39 is 0 Å². The van der Waals surface area contributed by atoms with Crippen LogP contribution in [-0.4, -0.2) is 29.2 Å². The number of nitrogens with two attached hydrogens (primary N) is 1. The normalized spacial score (nSPS) is 11.6. The quantitative estimate of drug-likeness (QED) is 0.618. The molecule has 1 aromatic heterocycles. The molecule has 96 valence electrons. The highest BCUT2D eigenvalue weighted by Gasteiger charge is 2.22. The van der Waals surface area contributed by atoms with Crippen molar-refractivity contribution in [1.82, 2.24) is 9.78 Å². The Morgan fingerprint density at radius 2 is 2.00 bits per heavy atom. The Hall–Kier alpha value is -1.52. The first kappa shape index (κ1) is 13.5. The molecule has 3 N–H and O–H groups in total. The van der Waals surface area contributed by atoms with Gasteiger partial charge in [-0.15, -0.1) is 0 Å². The number of nitrogen functional groups attached to an aromatic ring is 1. The van der Waals surface area contributed by atoms with E-state index >= 15 is 0 Å². The van der Waals surface area contributed by atoms with Crippen LogP contribution in [0.4, 0.5) is 5.82 Å². The zero-order valence-corrected chi connectivity index (χ0v) is 11.6. The molecular weight excluding hydrogens is 214 g/mol. The molecule has 5 heteroatoms. The largest absolute Gasteiger partial charge is 0.384 e. The summed E-state index contributed by atoms with van der Waals surface area (Å²) < 4.78 is 1.79. The van der Waals surface area contributed by atoms with Crippen molar-refractivity contribution in [2.24, 2.45) is 18.2 Å². The number of hydrogen-bond acceptors (Lipinski definition) is 3. The molecule has 1 rings (SSSR count). The third-order valence-corrected chi connectivity index (χ3v) is 2.53. The molecular formula is C12H23N5. The van der Waals surface area contributed by atoms with Crippen LogP contribution in [0.5, 0.6) is 0 Å². The van der Waals surface area contributed by atoms with E-state index in [1.54, 1.807) is 4.68 Å². The van der Waals surface area contributed by atoms with Gasteiger partial charge in [0.25, 0.3) is 0 Å². The molecule has 1 aromatic rings. The summed E-state index contributed by atoms with van der Waals surface area (Å²) in [6.07, 6.45) is 0. The van der Waals surface area contributed by atoms with Crippen molar-refractivity contribution in [1.29, 1.82) is 5.41 Å². The van der Waals surface area contributed by atoms with E-state index in [1.807, 2.05) is 21.0 Å². The summed E-state index contributed by atoms with van der Waals surface area (Å²) in [6.45, 7) is 9.30. The minimum absolute atomic E-state index is 0.0753. The summed E-state index contributed by atoms with van der Waals surface area (Å²) in [5.74, 6) is 0.983. The lowest BCUT2D eigenvalue weighted by Gasteiger charge is -2.28. The van der Waals surface area contributed by atoms with Gasteiger partial charge in [0.05, 0.1) is 11.3 Å². The predicted molar refractivity (Wildman–Crippen MR) is 71.7 cm³/mol. The molecule has 0 saturated heterocycles. The smallest absolute Gasteiger partial charge is 0.137 e. The minimum Gasteiger partial charge on any atom is -0.384 e. The second kappa shape index (κ2) is 4.39. The molecule has 0 fully saturated rings. The number of aryl methyl sites for hydroxylation is 2. The standard InChI is InChI=1S/C12H23N5/c1-8-9(10(13)14)11(17(6)15-8)16(5)7-12(2,3)4/h7H2,1-6H3,(H3,13,14). The van der Waals surface area contributed by atoms with Crippen molar-refractivity contribution < 1.29 is 0 Å². The van der Waals surface area contributed by atoms with E-state index in [0.717, 1.165) is 23.6 Å². The maximum atomic E-state index is 7.65. The van der Waals surface area contributed by atoms with Crippen molar-refractivity contribution in [2.75, 3.05) is 18.5 Å². The highest BCUT2D eigenvalue weighted by atomic mass is 15.4. The number of aromatic nitrogens is 2. The molecule has 0 radical (unpaired) electrons. The third-order valence-electron chi connectivity index (χ3n) is 2.53. The van der Waals surface area contributed by atoms with Crippen molar-refractivity contribution in [3.05, 3.63) is 11.3 Å². The third kappa shape index (κ3) is 2.99. The van der Waals surface area contributed by atoms with E-state index in [4.69, 9.17) is 11.1 Å². The number of nitrogens with zero attached hydrogens (tertiary/aromatic N) is 3. The maximum Gasteiger partial charge on any atom is 0.137 e. The topological polar surface area (TPSA) is 70.9 Å². The Labute approximate surface area is 103 Å². The molecule has 0 aromatic carbocycles. The van der Waals surface area contributed by atoms with Gasteiger partial charge in [-0.25, -0.2) is 0 Å². The molecule has 0 aliphatic heterocycles. The Morgan fingerprint density at radius 1 is 1.47 bits per heavy atom. The number of anilines is 1. The van der Waals surface area contributed by atoms with E-state index in [2.05, 4.69) is 30.8 Å². The average molecular weight is 237 g/mol. The van der Waals surface area contributed by atoms with Crippen LogP contribution in [0.1, 0.15) is 32.0 Å². The van der Waals surface area contributed by atoms with E-state index in [1.165, 1.54) is 0 Å².